The van der Waals surface area contributed by atoms with Crippen molar-refractivity contribution in [2.24, 2.45) is 5.92 Å². The van der Waals surface area contributed by atoms with Crippen molar-refractivity contribution in [3.8, 4) is 17.2 Å². The van der Waals surface area contributed by atoms with Crippen LogP contribution in [0.2, 0.25) is 0 Å². The van der Waals surface area contributed by atoms with E-state index in [1.807, 2.05) is 12.1 Å². The maximum absolute atomic E-state index is 6.42. The Morgan fingerprint density at radius 2 is 1.60 bits per heavy atom. The number of ether oxygens (including phenoxy) is 3. The van der Waals surface area contributed by atoms with E-state index >= 15 is 0 Å². The molecule has 0 unspecified atom stereocenters. The topological polar surface area (TPSA) is 43.0 Å². The Hall–Kier alpha value is -2.24. The summed E-state index contributed by atoms with van der Waals surface area (Å²) in [6, 6.07) is 14.9. The summed E-state index contributed by atoms with van der Waals surface area (Å²) in [6.07, 6.45) is 5.20. The molecule has 1 saturated heterocycles. The van der Waals surface area contributed by atoms with E-state index in [2.05, 4.69) is 40.5 Å². The van der Waals surface area contributed by atoms with Crippen LogP contribution in [0.4, 0.5) is 0 Å². The number of methoxy groups -OCH3 is 2. The maximum atomic E-state index is 6.42. The fourth-order valence-electron chi connectivity index (χ4n) is 4.95. The zero-order valence-corrected chi connectivity index (χ0v) is 18.2. The van der Waals surface area contributed by atoms with Crippen LogP contribution in [-0.4, -0.2) is 45.3 Å². The minimum Gasteiger partial charge on any atom is -0.493 e. The first-order valence-corrected chi connectivity index (χ1v) is 11.2. The number of hydrogen-bond acceptors (Lipinski definition) is 5. The first-order chi connectivity index (χ1) is 14.8. The average molecular weight is 411 g/mol. The Labute approximate surface area is 180 Å². The van der Waals surface area contributed by atoms with E-state index in [-0.39, 0.29) is 0 Å². The molecule has 0 amide bonds. The second kappa shape index (κ2) is 10.2. The molecule has 2 aromatic carbocycles. The fraction of sp³-hybridized carbons (Fsp3) is 0.520. The maximum Gasteiger partial charge on any atom is 0.164 e. The van der Waals surface area contributed by atoms with Gasteiger partial charge in [0.15, 0.2) is 11.5 Å². The van der Waals surface area contributed by atoms with Crippen molar-refractivity contribution in [2.45, 2.75) is 38.3 Å². The molecule has 5 heteroatoms. The largest absolute Gasteiger partial charge is 0.493 e. The van der Waals surface area contributed by atoms with Gasteiger partial charge in [0, 0.05) is 43.9 Å². The van der Waals surface area contributed by atoms with E-state index in [4.69, 9.17) is 14.2 Å². The van der Waals surface area contributed by atoms with Gasteiger partial charge >= 0.3 is 0 Å². The summed E-state index contributed by atoms with van der Waals surface area (Å²) in [5, 5.41) is 3.50. The lowest BCUT2D eigenvalue weighted by molar-refractivity contribution is 0.121. The Kier molecular flexibility index (Phi) is 7.13. The first-order valence-electron chi connectivity index (χ1n) is 11.2. The Morgan fingerprint density at radius 3 is 2.27 bits per heavy atom. The van der Waals surface area contributed by atoms with Crippen LogP contribution in [-0.2, 0) is 6.61 Å². The van der Waals surface area contributed by atoms with E-state index in [0.717, 1.165) is 49.0 Å². The van der Waals surface area contributed by atoms with Crippen LogP contribution in [0.3, 0.4) is 0 Å². The minimum atomic E-state index is 0.347. The van der Waals surface area contributed by atoms with Gasteiger partial charge in [-0.2, -0.15) is 0 Å². The molecule has 0 aromatic heterocycles. The molecule has 1 aliphatic heterocycles. The van der Waals surface area contributed by atoms with E-state index in [0.29, 0.717) is 18.6 Å². The molecule has 2 aliphatic rings. The third kappa shape index (κ3) is 4.73. The molecular formula is C25H34N2O3. The number of hydrogen-bond donors (Lipinski definition) is 1. The predicted octanol–water partition coefficient (Wildman–Crippen LogP) is 4.42. The van der Waals surface area contributed by atoms with Gasteiger partial charge < -0.3 is 19.5 Å². The lowest BCUT2D eigenvalue weighted by atomic mass is 9.88. The molecule has 1 atom stereocenters. The first kappa shape index (κ1) is 21.0. The second-order valence-corrected chi connectivity index (χ2v) is 8.29. The van der Waals surface area contributed by atoms with Crippen molar-refractivity contribution < 1.29 is 14.2 Å². The van der Waals surface area contributed by atoms with Crippen molar-refractivity contribution in [1.82, 2.24) is 10.2 Å². The monoisotopic (exact) mass is 410 g/mol. The van der Waals surface area contributed by atoms with E-state index in [1.165, 1.54) is 31.2 Å². The van der Waals surface area contributed by atoms with Crippen LogP contribution >= 0.6 is 0 Å². The molecule has 1 N–H and O–H groups in total. The number of nitrogens with zero attached hydrogens (tertiary/aromatic N) is 1. The molecule has 1 heterocycles. The van der Waals surface area contributed by atoms with Crippen LogP contribution in [0.25, 0.3) is 0 Å². The van der Waals surface area contributed by atoms with E-state index in [9.17, 15) is 0 Å². The number of nitrogens with one attached hydrogen (secondary N) is 1. The molecule has 0 radical (unpaired) electrons. The van der Waals surface area contributed by atoms with E-state index < -0.39 is 0 Å². The summed E-state index contributed by atoms with van der Waals surface area (Å²) in [5.41, 5.74) is 2.40. The molecule has 1 saturated carbocycles. The summed E-state index contributed by atoms with van der Waals surface area (Å²) >= 11 is 0. The highest BCUT2D eigenvalue weighted by Gasteiger charge is 2.34. The lowest BCUT2D eigenvalue weighted by Gasteiger charge is -2.39. The van der Waals surface area contributed by atoms with Gasteiger partial charge in [0.05, 0.1) is 14.2 Å². The Bertz CT molecular complexity index is 800. The highest BCUT2D eigenvalue weighted by Crippen LogP contribution is 2.46. The van der Waals surface area contributed by atoms with Crippen molar-refractivity contribution in [3.05, 3.63) is 53.6 Å². The van der Waals surface area contributed by atoms with Crippen molar-refractivity contribution in [2.75, 3.05) is 40.4 Å². The number of piperazine rings is 1. The molecule has 4 rings (SSSR count). The van der Waals surface area contributed by atoms with Gasteiger partial charge in [-0.1, -0.05) is 43.2 Å². The molecule has 1 aliphatic carbocycles. The smallest absolute Gasteiger partial charge is 0.164 e. The molecule has 162 valence electrons. The van der Waals surface area contributed by atoms with Crippen LogP contribution in [0.15, 0.2) is 42.5 Å². The summed E-state index contributed by atoms with van der Waals surface area (Å²) in [5.74, 6) is 3.06. The zero-order chi connectivity index (χ0) is 20.8. The van der Waals surface area contributed by atoms with Gasteiger partial charge in [-0.3, -0.25) is 4.90 Å². The fourth-order valence-corrected chi connectivity index (χ4v) is 4.95. The van der Waals surface area contributed by atoms with Gasteiger partial charge in [0.25, 0.3) is 0 Å². The molecule has 30 heavy (non-hydrogen) atoms. The molecule has 5 nitrogen and oxygen atoms in total. The van der Waals surface area contributed by atoms with Gasteiger partial charge in [-0.05, 0) is 30.4 Å². The van der Waals surface area contributed by atoms with Crippen LogP contribution in [0.1, 0.15) is 42.9 Å². The minimum absolute atomic E-state index is 0.347. The molecule has 0 spiro atoms. The molecule has 0 bridgehead atoms. The second-order valence-electron chi connectivity index (χ2n) is 8.29. The predicted molar refractivity (Wildman–Crippen MR) is 119 cm³/mol. The highest BCUT2D eigenvalue weighted by molar-refractivity contribution is 5.52. The van der Waals surface area contributed by atoms with Crippen LogP contribution in [0.5, 0.6) is 17.2 Å². The normalized spacial score (nSPS) is 18.9. The third-order valence-electron chi connectivity index (χ3n) is 6.46. The van der Waals surface area contributed by atoms with E-state index in [1.54, 1.807) is 14.2 Å². The van der Waals surface area contributed by atoms with Crippen molar-refractivity contribution in [1.29, 1.82) is 0 Å². The number of rotatable bonds is 8. The molecular weight excluding hydrogens is 376 g/mol. The van der Waals surface area contributed by atoms with Gasteiger partial charge in [-0.25, -0.2) is 0 Å². The average Bonchev–Trinajstić information content (AvgIpc) is 3.33. The summed E-state index contributed by atoms with van der Waals surface area (Å²) in [6.45, 7) is 4.75. The van der Waals surface area contributed by atoms with Crippen LogP contribution < -0.4 is 19.5 Å². The standard InChI is InChI=1S/C25H34N2O3/c1-28-23-16-21(25(20-10-6-7-11-20)27-14-12-26-13-15-27)22(17-24(23)29-2)30-18-19-8-4-3-5-9-19/h3-5,8-9,16-17,20,25-26H,6-7,10-15,18H2,1-2H3/t25-/m1/s1. The van der Waals surface area contributed by atoms with Crippen LogP contribution in [0, 0.1) is 5.92 Å². The van der Waals surface area contributed by atoms with Gasteiger partial charge in [-0.15, -0.1) is 0 Å². The highest BCUT2D eigenvalue weighted by atomic mass is 16.5. The number of benzene rings is 2. The van der Waals surface area contributed by atoms with Gasteiger partial charge in [0.2, 0.25) is 0 Å². The molecule has 2 aromatic rings. The summed E-state index contributed by atoms with van der Waals surface area (Å²) < 4.78 is 17.7. The Balaban J connectivity index is 1.71. The van der Waals surface area contributed by atoms with Gasteiger partial charge in [0.1, 0.15) is 12.4 Å². The zero-order valence-electron chi connectivity index (χ0n) is 18.2. The van der Waals surface area contributed by atoms with Crippen molar-refractivity contribution in [3.63, 3.8) is 0 Å². The SMILES string of the molecule is COc1cc(OCc2ccccc2)c([C@@H](C2CCCC2)N2CCNCC2)cc1OC. The Morgan fingerprint density at radius 1 is 0.933 bits per heavy atom. The summed E-state index contributed by atoms with van der Waals surface area (Å²) in [4.78, 5) is 2.64. The quantitative estimate of drug-likeness (QED) is 0.698. The van der Waals surface area contributed by atoms with Crippen molar-refractivity contribution >= 4 is 0 Å². The lowest BCUT2D eigenvalue weighted by Crippen LogP contribution is -2.46. The molecule has 2 fully saturated rings. The summed E-state index contributed by atoms with van der Waals surface area (Å²) in [7, 11) is 3.39. The third-order valence-corrected chi connectivity index (χ3v) is 6.46.